The van der Waals surface area contributed by atoms with E-state index in [1.807, 2.05) is 12.2 Å². The molecule has 4 aromatic carbocycles. The van der Waals surface area contributed by atoms with Crippen molar-refractivity contribution >= 4 is 64.7 Å². The molecule has 0 bridgehead atoms. The van der Waals surface area contributed by atoms with Crippen LogP contribution in [0.3, 0.4) is 0 Å². The van der Waals surface area contributed by atoms with Crippen molar-refractivity contribution in [1.82, 2.24) is 4.98 Å². The van der Waals surface area contributed by atoms with Crippen molar-refractivity contribution < 1.29 is 0 Å². The Balaban J connectivity index is 1.94. The standard InChI is InChI=1S/C27H14BrN/c28-18-15-13-17(14-16-18)26-24-12-6-4-10-22(24)25-21-9-3-1-7-19(21)20-8-2-5-11-23(20)27(25)29-26/h1-13,15H. The largest absolute Gasteiger partial charge is 0.246 e. The molecule has 134 valence electrons. The lowest BCUT2D eigenvalue weighted by Crippen LogP contribution is -1.95. The van der Waals surface area contributed by atoms with Gasteiger partial charge in [0.05, 0.1) is 21.3 Å². The number of hydrogen-bond acceptors (Lipinski definition) is 1. The van der Waals surface area contributed by atoms with Crippen LogP contribution in [0.5, 0.6) is 0 Å². The van der Waals surface area contributed by atoms with Crippen molar-refractivity contribution in [1.29, 1.82) is 0 Å². The van der Waals surface area contributed by atoms with Crippen LogP contribution in [0, 0.1) is 0 Å². The van der Waals surface area contributed by atoms with Crippen LogP contribution in [0.25, 0.3) is 48.8 Å². The van der Waals surface area contributed by atoms with Crippen LogP contribution in [0.1, 0.15) is 5.69 Å². The molecule has 29 heavy (non-hydrogen) atoms. The summed E-state index contributed by atoms with van der Waals surface area (Å²) in [5, 5.41) is 8.46. The number of pyridine rings is 1. The minimum Gasteiger partial charge on any atom is -0.246 e. The van der Waals surface area contributed by atoms with Gasteiger partial charge >= 0.3 is 0 Å². The van der Waals surface area contributed by atoms with E-state index in [0.29, 0.717) is 0 Å². The van der Waals surface area contributed by atoms with Crippen molar-refractivity contribution in [3.8, 4) is 0 Å². The highest BCUT2D eigenvalue weighted by Crippen LogP contribution is 2.39. The molecule has 0 fully saturated rings. The first kappa shape index (κ1) is 16.5. The highest BCUT2D eigenvalue weighted by Gasteiger charge is 2.16. The van der Waals surface area contributed by atoms with Crippen molar-refractivity contribution in [3.05, 3.63) is 107 Å². The van der Waals surface area contributed by atoms with E-state index in [1.54, 1.807) is 0 Å². The van der Waals surface area contributed by atoms with E-state index in [1.165, 1.54) is 32.3 Å². The van der Waals surface area contributed by atoms with Gasteiger partial charge in [0.2, 0.25) is 0 Å². The summed E-state index contributed by atoms with van der Waals surface area (Å²) in [6.45, 7) is 0. The maximum Gasteiger partial charge on any atom is 0.0872 e. The molecular weight excluding hydrogens is 418 g/mol. The quantitative estimate of drug-likeness (QED) is 0.196. The van der Waals surface area contributed by atoms with E-state index >= 15 is 0 Å². The predicted octanol–water partition coefficient (Wildman–Crippen LogP) is 7.68. The first-order chi connectivity index (χ1) is 14.3. The molecule has 0 N–H and O–H groups in total. The molecule has 0 radical (unpaired) electrons. The van der Waals surface area contributed by atoms with Gasteiger partial charge in [-0.25, -0.2) is 4.98 Å². The van der Waals surface area contributed by atoms with E-state index in [9.17, 15) is 0 Å². The van der Waals surface area contributed by atoms with Gasteiger partial charge in [-0.15, -0.1) is 0 Å². The highest BCUT2D eigenvalue weighted by molar-refractivity contribution is 9.11. The Morgan fingerprint density at radius 3 is 1.79 bits per heavy atom. The zero-order chi connectivity index (χ0) is 19.4. The fourth-order valence-corrected chi connectivity index (χ4v) is 4.53. The van der Waals surface area contributed by atoms with Crippen LogP contribution in [0.2, 0.25) is 0 Å². The zero-order valence-corrected chi connectivity index (χ0v) is 17.0. The summed E-state index contributed by atoms with van der Waals surface area (Å²) in [7, 11) is 0. The zero-order valence-electron chi connectivity index (χ0n) is 15.4. The van der Waals surface area contributed by atoms with Gasteiger partial charge in [0.1, 0.15) is 0 Å². The van der Waals surface area contributed by atoms with E-state index < -0.39 is 0 Å². The van der Waals surface area contributed by atoms with E-state index in [0.717, 1.165) is 26.7 Å². The Hall–Kier alpha value is -3.41. The third-order valence-corrected chi connectivity index (χ3v) is 6.01. The van der Waals surface area contributed by atoms with Gasteiger partial charge in [0.15, 0.2) is 0 Å². The Morgan fingerprint density at radius 2 is 1.14 bits per heavy atom. The third-order valence-electron chi connectivity index (χ3n) is 5.55. The van der Waals surface area contributed by atoms with Gasteiger partial charge < -0.3 is 0 Å². The van der Waals surface area contributed by atoms with Gasteiger partial charge in [-0.2, -0.15) is 0 Å². The second-order valence-corrected chi connectivity index (χ2v) is 8.02. The Bertz CT molecular complexity index is 1630. The number of rotatable bonds is 1. The lowest BCUT2D eigenvalue weighted by atomic mass is 9.92. The van der Waals surface area contributed by atoms with Crippen LogP contribution in [0.15, 0.2) is 101 Å². The van der Waals surface area contributed by atoms with Crippen molar-refractivity contribution in [3.63, 3.8) is 0 Å². The van der Waals surface area contributed by atoms with Gasteiger partial charge in [0.25, 0.3) is 0 Å². The van der Waals surface area contributed by atoms with Gasteiger partial charge in [0, 0.05) is 16.2 Å². The molecule has 1 aromatic heterocycles. The topological polar surface area (TPSA) is 12.9 Å². The number of allylic oxidation sites excluding steroid dienone is 4. The number of benzene rings is 4. The first-order valence-electron chi connectivity index (χ1n) is 9.53. The summed E-state index contributed by atoms with van der Waals surface area (Å²) in [4.78, 5) is 5.22. The SMILES string of the molecule is BrC1=C=C=C(c2nc3c4ccccc4c4ccccc4c3c3ccccc23)C=C1. The number of nitrogens with zero attached hydrogens (tertiary/aromatic N) is 1. The fourth-order valence-electron chi connectivity index (χ4n) is 4.30. The summed E-state index contributed by atoms with van der Waals surface area (Å²) < 4.78 is 0.891. The average Bonchev–Trinajstić information content (AvgIpc) is 2.79. The van der Waals surface area contributed by atoms with Crippen molar-refractivity contribution in [2.24, 2.45) is 0 Å². The maximum atomic E-state index is 5.22. The molecule has 5 aromatic rings. The van der Waals surface area contributed by atoms with Crippen LogP contribution in [-0.4, -0.2) is 4.98 Å². The lowest BCUT2D eigenvalue weighted by molar-refractivity contribution is 1.40. The van der Waals surface area contributed by atoms with Gasteiger partial charge in [-0.1, -0.05) is 84.3 Å². The van der Waals surface area contributed by atoms with Gasteiger partial charge in [-0.05, 0) is 49.6 Å². The van der Waals surface area contributed by atoms with E-state index in [2.05, 4.69) is 100 Å². The van der Waals surface area contributed by atoms with Crippen LogP contribution < -0.4 is 0 Å². The molecule has 2 heteroatoms. The molecule has 0 spiro atoms. The summed E-state index contributed by atoms with van der Waals surface area (Å²) >= 11 is 3.46. The molecule has 1 heterocycles. The smallest absolute Gasteiger partial charge is 0.0872 e. The molecule has 0 unspecified atom stereocenters. The number of hydrogen-bond donors (Lipinski definition) is 0. The average molecular weight is 432 g/mol. The number of fused-ring (bicyclic) bond motifs is 8. The summed E-state index contributed by atoms with van der Waals surface area (Å²) in [6.07, 6.45) is 4.04. The summed E-state index contributed by atoms with van der Waals surface area (Å²) in [6, 6.07) is 25.7. The Kier molecular flexibility index (Phi) is 3.59. The summed E-state index contributed by atoms with van der Waals surface area (Å²) in [5.41, 5.74) is 9.31. The second-order valence-electron chi connectivity index (χ2n) is 7.17. The maximum absolute atomic E-state index is 5.22. The molecule has 0 amide bonds. The number of halogens is 1. The van der Waals surface area contributed by atoms with Gasteiger partial charge in [-0.3, -0.25) is 0 Å². The third kappa shape index (κ3) is 2.45. The van der Waals surface area contributed by atoms with E-state index in [4.69, 9.17) is 4.98 Å². The Morgan fingerprint density at radius 1 is 0.586 bits per heavy atom. The summed E-state index contributed by atoms with van der Waals surface area (Å²) in [5.74, 6) is 0. The van der Waals surface area contributed by atoms with E-state index in [-0.39, 0.29) is 0 Å². The van der Waals surface area contributed by atoms with Crippen molar-refractivity contribution in [2.75, 3.05) is 0 Å². The lowest BCUT2D eigenvalue weighted by Gasteiger charge is -2.15. The molecule has 1 aliphatic carbocycles. The molecule has 0 saturated heterocycles. The van der Waals surface area contributed by atoms with Crippen LogP contribution >= 0.6 is 15.9 Å². The minimum atomic E-state index is 0.891. The molecule has 0 atom stereocenters. The highest BCUT2D eigenvalue weighted by atomic mass is 79.9. The fraction of sp³-hybridized carbons (Fsp3) is 0. The van der Waals surface area contributed by atoms with Crippen LogP contribution in [0.4, 0.5) is 0 Å². The monoisotopic (exact) mass is 431 g/mol. The normalized spacial score (nSPS) is 13.4. The molecule has 1 nitrogen and oxygen atoms in total. The molecule has 0 saturated carbocycles. The molecule has 0 aliphatic heterocycles. The first-order valence-corrected chi connectivity index (χ1v) is 10.3. The van der Waals surface area contributed by atoms with Crippen LogP contribution in [-0.2, 0) is 0 Å². The van der Waals surface area contributed by atoms with Crippen molar-refractivity contribution in [2.45, 2.75) is 0 Å². The Labute approximate surface area is 176 Å². The number of aromatic nitrogens is 1. The molecule has 6 rings (SSSR count). The minimum absolute atomic E-state index is 0.891. The molecule has 1 aliphatic rings. The second kappa shape index (κ2) is 6.30. The predicted molar refractivity (Wildman–Crippen MR) is 126 cm³/mol. The molecular formula is C27H14BrN.